The molecule has 0 aliphatic heterocycles. The van der Waals surface area contributed by atoms with Crippen LogP contribution in [0.4, 0.5) is 4.39 Å². The van der Waals surface area contributed by atoms with Crippen LogP contribution < -0.4 is 0 Å². The van der Waals surface area contributed by atoms with Gasteiger partial charge in [0.2, 0.25) is 5.82 Å². The first-order chi connectivity index (χ1) is 10.7. The molecule has 1 aromatic carbocycles. The average Bonchev–Trinajstić information content (AvgIpc) is 3.16. The standard InChI is InChI=1S/C14H13FN6O/c15-12-3-1-2-10(6-12)8-21-9-11(7-16-21)4-5-13(22)14-17-19-20-18-14/h1-7,9,13,22H,8H2,(H,17,18,19,20). The third-order valence-corrected chi connectivity index (χ3v) is 2.98. The average molecular weight is 300 g/mol. The third kappa shape index (κ3) is 3.41. The highest BCUT2D eigenvalue weighted by atomic mass is 19.1. The lowest BCUT2D eigenvalue weighted by atomic mass is 10.2. The Kier molecular flexibility index (Phi) is 4.01. The summed E-state index contributed by atoms with van der Waals surface area (Å²) in [6, 6.07) is 6.37. The minimum atomic E-state index is -0.940. The molecule has 3 aromatic rings. The van der Waals surface area contributed by atoms with Crippen molar-refractivity contribution in [3.05, 3.63) is 65.5 Å². The maximum Gasteiger partial charge on any atom is 0.206 e. The van der Waals surface area contributed by atoms with Crippen LogP contribution in [0.3, 0.4) is 0 Å². The molecule has 112 valence electrons. The van der Waals surface area contributed by atoms with E-state index in [0.29, 0.717) is 6.54 Å². The van der Waals surface area contributed by atoms with Crippen LogP contribution in [0, 0.1) is 5.82 Å². The van der Waals surface area contributed by atoms with Gasteiger partial charge < -0.3 is 5.11 Å². The van der Waals surface area contributed by atoms with Gasteiger partial charge in [-0.1, -0.05) is 23.4 Å². The molecule has 0 saturated heterocycles. The number of aliphatic hydroxyl groups excluding tert-OH is 1. The van der Waals surface area contributed by atoms with Crippen molar-refractivity contribution in [2.75, 3.05) is 0 Å². The second kappa shape index (κ2) is 6.27. The summed E-state index contributed by atoms with van der Waals surface area (Å²) in [5, 5.41) is 27.0. The van der Waals surface area contributed by atoms with Crippen molar-refractivity contribution in [1.82, 2.24) is 30.4 Å². The van der Waals surface area contributed by atoms with Crippen LogP contribution in [-0.4, -0.2) is 35.5 Å². The Bertz CT molecular complexity index is 767. The molecule has 1 atom stereocenters. The largest absolute Gasteiger partial charge is 0.381 e. The van der Waals surface area contributed by atoms with E-state index in [1.165, 1.54) is 18.2 Å². The number of benzene rings is 1. The Morgan fingerprint density at radius 1 is 1.41 bits per heavy atom. The molecule has 0 amide bonds. The van der Waals surface area contributed by atoms with E-state index >= 15 is 0 Å². The van der Waals surface area contributed by atoms with E-state index in [1.807, 2.05) is 6.07 Å². The number of H-pyrrole nitrogens is 1. The zero-order valence-electron chi connectivity index (χ0n) is 11.5. The topological polar surface area (TPSA) is 92.5 Å². The number of aromatic amines is 1. The number of tetrazole rings is 1. The van der Waals surface area contributed by atoms with Crippen molar-refractivity contribution in [2.45, 2.75) is 12.6 Å². The maximum atomic E-state index is 13.1. The van der Waals surface area contributed by atoms with E-state index < -0.39 is 6.10 Å². The Labute approximate surface area is 125 Å². The van der Waals surface area contributed by atoms with Crippen LogP contribution in [0.5, 0.6) is 0 Å². The van der Waals surface area contributed by atoms with Crippen LogP contribution in [0.15, 0.2) is 42.7 Å². The third-order valence-electron chi connectivity index (χ3n) is 2.98. The monoisotopic (exact) mass is 300 g/mol. The molecule has 22 heavy (non-hydrogen) atoms. The van der Waals surface area contributed by atoms with Crippen molar-refractivity contribution in [1.29, 1.82) is 0 Å². The summed E-state index contributed by atoms with van der Waals surface area (Å²) in [4.78, 5) is 0. The van der Waals surface area contributed by atoms with Crippen LogP contribution in [-0.2, 0) is 6.54 Å². The first-order valence-electron chi connectivity index (χ1n) is 6.57. The Morgan fingerprint density at radius 2 is 2.32 bits per heavy atom. The van der Waals surface area contributed by atoms with E-state index in [-0.39, 0.29) is 11.6 Å². The lowest BCUT2D eigenvalue weighted by Gasteiger charge is -2.01. The number of nitrogens with zero attached hydrogens (tertiary/aromatic N) is 5. The van der Waals surface area contributed by atoms with Gasteiger partial charge >= 0.3 is 0 Å². The van der Waals surface area contributed by atoms with Gasteiger partial charge in [0.05, 0.1) is 12.7 Å². The number of hydrogen-bond acceptors (Lipinski definition) is 5. The highest BCUT2D eigenvalue weighted by Gasteiger charge is 2.08. The van der Waals surface area contributed by atoms with Crippen molar-refractivity contribution >= 4 is 6.08 Å². The van der Waals surface area contributed by atoms with Gasteiger partial charge in [0.15, 0.2) is 0 Å². The van der Waals surface area contributed by atoms with Gasteiger partial charge in [-0.15, -0.1) is 10.2 Å². The fraction of sp³-hybridized carbons (Fsp3) is 0.143. The lowest BCUT2D eigenvalue weighted by Crippen LogP contribution is -1.99. The fourth-order valence-corrected chi connectivity index (χ4v) is 1.96. The first kappa shape index (κ1) is 14.1. The SMILES string of the molecule is OC(C=Cc1cnn(Cc2cccc(F)c2)c1)c1nn[nH]n1. The second-order valence-electron chi connectivity index (χ2n) is 4.68. The summed E-state index contributed by atoms with van der Waals surface area (Å²) in [6.45, 7) is 0.471. The molecule has 2 N–H and O–H groups in total. The summed E-state index contributed by atoms with van der Waals surface area (Å²) in [6.07, 6.45) is 5.75. The molecular formula is C14H13FN6O. The van der Waals surface area contributed by atoms with E-state index in [1.54, 1.807) is 29.2 Å². The van der Waals surface area contributed by atoms with Gasteiger partial charge in [-0.2, -0.15) is 10.3 Å². The van der Waals surface area contributed by atoms with Gasteiger partial charge in [-0.25, -0.2) is 4.39 Å². The number of aromatic nitrogens is 6. The van der Waals surface area contributed by atoms with E-state index in [2.05, 4.69) is 25.7 Å². The van der Waals surface area contributed by atoms with E-state index in [9.17, 15) is 9.50 Å². The summed E-state index contributed by atoms with van der Waals surface area (Å²) < 4.78 is 14.8. The molecule has 0 spiro atoms. The molecule has 3 rings (SSSR count). The van der Waals surface area contributed by atoms with Crippen LogP contribution in [0.25, 0.3) is 6.08 Å². The highest BCUT2D eigenvalue weighted by Crippen LogP contribution is 2.11. The van der Waals surface area contributed by atoms with Crippen molar-refractivity contribution in [2.24, 2.45) is 0 Å². The molecule has 0 fully saturated rings. The lowest BCUT2D eigenvalue weighted by molar-refractivity contribution is 0.219. The summed E-state index contributed by atoms with van der Waals surface area (Å²) in [5.74, 6) is -0.0728. The maximum absolute atomic E-state index is 13.1. The first-order valence-corrected chi connectivity index (χ1v) is 6.57. The smallest absolute Gasteiger partial charge is 0.206 e. The molecule has 0 radical (unpaired) electrons. The number of halogens is 1. The number of hydrogen-bond donors (Lipinski definition) is 2. The summed E-state index contributed by atoms with van der Waals surface area (Å²) >= 11 is 0. The minimum Gasteiger partial charge on any atom is -0.381 e. The zero-order valence-corrected chi connectivity index (χ0v) is 11.5. The van der Waals surface area contributed by atoms with Crippen LogP contribution >= 0.6 is 0 Å². The van der Waals surface area contributed by atoms with Gasteiger partial charge in [-0.3, -0.25) is 4.68 Å². The molecular weight excluding hydrogens is 287 g/mol. The van der Waals surface area contributed by atoms with Crippen molar-refractivity contribution in [3.8, 4) is 0 Å². The van der Waals surface area contributed by atoms with Gasteiger partial charge in [0, 0.05) is 11.8 Å². The Hall–Kier alpha value is -2.87. The van der Waals surface area contributed by atoms with Gasteiger partial charge in [-0.05, 0) is 23.8 Å². The normalized spacial score (nSPS) is 12.8. The molecule has 0 bridgehead atoms. The van der Waals surface area contributed by atoms with E-state index in [0.717, 1.165) is 11.1 Å². The predicted octanol–water partition coefficient (Wildman–Crippen LogP) is 1.33. The second-order valence-corrected chi connectivity index (χ2v) is 4.68. The summed E-state index contributed by atoms with van der Waals surface area (Å²) in [7, 11) is 0. The molecule has 2 heterocycles. The summed E-state index contributed by atoms with van der Waals surface area (Å²) in [5.41, 5.74) is 1.63. The Morgan fingerprint density at radius 3 is 3.09 bits per heavy atom. The predicted molar refractivity (Wildman–Crippen MR) is 75.9 cm³/mol. The number of nitrogens with one attached hydrogen (secondary N) is 1. The van der Waals surface area contributed by atoms with Crippen LogP contribution in [0.2, 0.25) is 0 Å². The van der Waals surface area contributed by atoms with Gasteiger partial charge in [0.1, 0.15) is 11.9 Å². The van der Waals surface area contributed by atoms with Crippen molar-refractivity contribution in [3.63, 3.8) is 0 Å². The van der Waals surface area contributed by atoms with Crippen molar-refractivity contribution < 1.29 is 9.50 Å². The fourth-order valence-electron chi connectivity index (χ4n) is 1.96. The minimum absolute atomic E-state index is 0.198. The molecule has 0 saturated carbocycles. The Balaban J connectivity index is 1.66. The van der Waals surface area contributed by atoms with Gasteiger partial charge in [0.25, 0.3) is 0 Å². The van der Waals surface area contributed by atoms with Crippen LogP contribution in [0.1, 0.15) is 23.1 Å². The molecule has 0 aliphatic rings. The molecule has 0 aliphatic carbocycles. The number of rotatable bonds is 5. The molecule has 8 heteroatoms. The van der Waals surface area contributed by atoms with E-state index in [4.69, 9.17) is 0 Å². The molecule has 2 aromatic heterocycles. The number of aliphatic hydroxyl groups is 1. The highest BCUT2D eigenvalue weighted by molar-refractivity contribution is 5.47. The molecule has 7 nitrogen and oxygen atoms in total. The zero-order chi connectivity index (χ0) is 15.4. The molecule has 1 unspecified atom stereocenters. The quantitative estimate of drug-likeness (QED) is 0.741.